The Balaban J connectivity index is 1.90. The van der Waals surface area contributed by atoms with Crippen LogP contribution in [-0.2, 0) is 0 Å². The van der Waals surface area contributed by atoms with Gasteiger partial charge < -0.3 is 0 Å². The fourth-order valence-corrected chi connectivity index (χ4v) is 2.44. The van der Waals surface area contributed by atoms with Crippen LogP contribution in [0.25, 0.3) is 17.0 Å². The number of nitrogens with zero attached hydrogens (tertiary/aromatic N) is 1. The second kappa shape index (κ2) is 6.30. The minimum atomic E-state index is -0.110. The molecule has 0 aliphatic carbocycles. The first-order chi connectivity index (χ1) is 10.6. The van der Waals surface area contributed by atoms with Crippen LogP contribution < -0.4 is 0 Å². The first-order valence-corrected chi connectivity index (χ1v) is 7.42. The predicted octanol–water partition coefficient (Wildman–Crippen LogP) is 5.44. The van der Waals surface area contributed by atoms with Crippen molar-refractivity contribution in [1.29, 1.82) is 0 Å². The standard InChI is InChI=1S/C18H11Cl2NO/c19-15-8-5-12(6-9-15)17(22)10-7-14-11-13-3-1-2-4-16(13)21-18(14)20/h1-11H. The molecule has 22 heavy (non-hydrogen) atoms. The van der Waals surface area contributed by atoms with E-state index in [9.17, 15) is 4.79 Å². The maximum Gasteiger partial charge on any atom is 0.185 e. The van der Waals surface area contributed by atoms with Gasteiger partial charge >= 0.3 is 0 Å². The van der Waals surface area contributed by atoms with Crippen molar-refractivity contribution in [2.75, 3.05) is 0 Å². The lowest BCUT2D eigenvalue weighted by atomic mass is 10.1. The second-order valence-electron chi connectivity index (χ2n) is 4.77. The van der Waals surface area contributed by atoms with Crippen molar-refractivity contribution >= 4 is 46.0 Å². The molecular weight excluding hydrogens is 317 g/mol. The maximum atomic E-state index is 12.1. The van der Waals surface area contributed by atoms with Crippen LogP contribution in [0.3, 0.4) is 0 Å². The van der Waals surface area contributed by atoms with E-state index in [1.165, 1.54) is 6.08 Å². The van der Waals surface area contributed by atoms with E-state index in [1.54, 1.807) is 30.3 Å². The molecule has 0 atom stereocenters. The van der Waals surface area contributed by atoms with E-state index in [2.05, 4.69) is 4.98 Å². The largest absolute Gasteiger partial charge is 0.289 e. The van der Waals surface area contributed by atoms with Crippen molar-refractivity contribution in [2.45, 2.75) is 0 Å². The zero-order valence-electron chi connectivity index (χ0n) is 11.5. The Labute approximate surface area is 138 Å². The van der Waals surface area contributed by atoms with Crippen molar-refractivity contribution < 1.29 is 4.79 Å². The number of hydrogen-bond donors (Lipinski definition) is 0. The van der Waals surface area contributed by atoms with Crippen LogP contribution in [0.4, 0.5) is 0 Å². The number of allylic oxidation sites excluding steroid dienone is 1. The molecule has 0 N–H and O–H groups in total. The molecule has 0 saturated carbocycles. The van der Waals surface area contributed by atoms with Gasteiger partial charge in [0, 0.05) is 21.5 Å². The second-order valence-corrected chi connectivity index (χ2v) is 5.56. The number of rotatable bonds is 3. The summed E-state index contributed by atoms with van der Waals surface area (Å²) in [5.41, 5.74) is 2.11. The molecule has 0 spiro atoms. The summed E-state index contributed by atoms with van der Waals surface area (Å²) < 4.78 is 0. The van der Waals surface area contributed by atoms with Crippen LogP contribution in [0.15, 0.2) is 60.7 Å². The molecule has 3 rings (SSSR count). The molecule has 1 aromatic heterocycles. The molecule has 3 aromatic rings. The highest BCUT2D eigenvalue weighted by atomic mass is 35.5. The van der Waals surface area contributed by atoms with Gasteiger partial charge in [0.05, 0.1) is 5.52 Å². The molecule has 4 heteroatoms. The van der Waals surface area contributed by atoms with Crippen LogP contribution in [0.2, 0.25) is 10.2 Å². The summed E-state index contributed by atoms with van der Waals surface area (Å²) in [5.74, 6) is -0.110. The van der Waals surface area contributed by atoms with E-state index < -0.39 is 0 Å². The molecule has 2 aromatic carbocycles. The molecule has 0 amide bonds. The maximum absolute atomic E-state index is 12.1. The van der Waals surface area contributed by atoms with Crippen molar-refractivity contribution in [3.05, 3.63) is 82.0 Å². The van der Waals surface area contributed by atoms with Crippen molar-refractivity contribution in [1.82, 2.24) is 4.98 Å². The summed E-state index contributed by atoms with van der Waals surface area (Å²) in [7, 11) is 0. The van der Waals surface area contributed by atoms with Crippen LogP contribution in [0, 0.1) is 0 Å². The quantitative estimate of drug-likeness (QED) is 0.364. The number of carbonyl (C=O) groups excluding carboxylic acids is 1. The Morgan fingerprint density at radius 1 is 1.00 bits per heavy atom. The summed E-state index contributed by atoms with van der Waals surface area (Å²) in [4.78, 5) is 16.4. The molecule has 0 fully saturated rings. The Morgan fingerprint density at radius 3 is 2.50 bits per heavy atom. The van der Waals surface area contributed by atoms with Gasteiger partial charge in [-0.1, -0.05) is 41.4 Å². The van der Waals surface area contributed by atoms with Crippen LogP contribution in [0.1, 0.15) is 15.9 Å². The number of carbonyl (C=O) groups is 1. The number of fused-ring (bicyclic) bond motifs is 1. The molecule has 0 radical (unpaired) electrons. The summed E-state index contributed by atoms with van der Waals surface area (Å²) >= 11 is 12.0. The van der Waals surface area contributed by atoms with E-state index >= 15 is 0 Å². The van der Waals surface area contributed by atoms with Gasteiger partial charge in [0.2, 0.25) is 0 Å². The highest BCUT2D eigenvalue weighted by molar-refractivity contribution is 6.31. The monoisotopic (exact) mass is 327 g/mol. The minimum Gasteiger partial charge on any atom is -0.289 e. The van der Waals surface area contributed by atoms with Crippen LogP contribution >= 0.6 is 23.2 Å². The summed E-state index contributed by atoms with van der Waals surface area (Å²) in [6.07, 6.45) is 3.17. The zero-order valence-corrected chi connectivity index (χ0v) is 13.0. The smallest absolute Gasteiger partial charge is 0.185 e. The van der Waals surface area contributed by atoms with Gasteiger partial charge in [-0.2, -0.15) is 0 Å². The normalized spacial score (nSPS) is 11.2. The average Bonchev–Trinajstić information content (AvgIpc) is 2.53. The topological polar surface area (TPSA) is 30.0 Å². The summed E-state index contributed by atoms with van der Waals surface area (Å²) in [6, 6.07) is 16.4. The SMILES string of the molecule is O=C(C=Cc1cc2ccccc2nc1Cl)c1ccc(Cl)cc1. The Bertz CT molecular complexity index is 870. The summed E-state index contributed by atoms with van der Waals surface area (Å²) in [6.45, 7) is 0. The number of halogens is 2. The van der Waals surface area contributed by atoms with Crippen molar-refractivity contribution in [3.8, 4) is 0 Å². The third-order valence-electron chi connectivity index (χ3n) is 3.25. The zero-order chi connectivity index (χ0) is 15.5. The number of hydrogen-bond acceptors (Lipinski definition) is 2. The molecule has 1 heterocycles. The fourth-order valence-electron chi connectivity index (χ4n) is 2.10. The Morgan fingerprint density at radius 2 is 1.73 bits per heavy atom. The van der Waals surface area contributed by atoms with Gasteiger partial charge in [-0.3, -0.25) is 4.79 Å². The molecule has 0 aliphatic heterocycles. The fraction of sp³-hybridized carbons (Fsp3) is 0. The van der Waals surface area contributed by atoms with E-state index in [-0.39, 0.29) is 5.78 Å². The average molecular weight is 328 g/mol. The van der Waals surface area contributed by atoms with Crippen molar-refractivity contribution in [3.63, 3.8) is 0 Å². The molecule has 2 nitrogen and oxygen atoms in total. The van der Waals surface area contributed by atoms with Gasteiger partial charge in [0.25, 0.3) is 0 Å². The number of ketones is 1. The first kappa shape index (κ1) is 14.8. The summed E-state index contributed by atoms with van der Waals surface area (Å²) in [5, 5.41) is 1.95. The lowest BCUT2D eigenvalue weighted by molar-refractivity contribution is 0.104. The molecular formula is C18H11Cl2NO. The van der Waals surface area contributed by atoms with E-state index in [4.69, 9.17) is 23.2 Å². The van der Waals surface area contributed by atoms with Gasteiger partial charge in [0.15, 0.2) is 5.78 Å². The van der Waals surface area contributed by atoms with Gasteiger partial charge in [0.1, 0.15) is 5.15 Å². The molecule has 0 unspecified atom stereocenters. The van der Waals surface area contributed by atoms with Crippen LogP contribution in [0.5, 0.6) is 0 Å². The number of pyridine rings is 1. The van der Waals surface area contributed by atoms with E-state index in [1.807, 2.05) is 30.3 Å². The minimum absolute atomic E-state index is 0.110. The van der Waals surface area contributed by atoms with E-state index in [0.717, 1.165) is 10.9 Å². The van der Waals surface area contributed by atoms with Gasteiger partial charge in [-0.05, 0) is 48.6 Å². The molecule has 0 saturated heterocycles. The Kier molecular flexibility index (Phi) is 4.23. The number of benzene rings is 2. The lowest BCUT2D eigenvalue weighted by Crippen LogP contribution is -1.93. The number of aromatic nitrogens is 1. The number of para-hydroxylation sites is 1. The third-order valence-corrected chi connectivity index (χ3v) is 3.80. The Hall–Kier alpha value is -2.16. The predicted molar refractivity (Wildman–Crippen MR) is 91.6 cm³/mol. The first-order valence-electron chi connectivity index (χ1n) is 6.67. The van der Waals surface area contributed by atoms with Gasteiger partial charge in [-0.25, -0.2) is 4.98 Å². The highest BCUT2D eigenvalue weighted by Crippen LogP contribution is 2.21. The molecule has 0 aliphatic rings. The molecule has 108 valence electrons. The van der Waals surface area contributed by atoms with Gasteiger partial charge in [-0.15, -0.1) is 0 Å². The molecule has 0 bridgehead atoms. The highest BCUT2D eigenvalue weighted by Gasteiger charge is 2.04. The van der Waals surface area contributed by atoms with Crippen molar-refractivity contribution in [2.24, 2.45) is 0 Å². The third kappa shape index (κ3) is 3.19. The lowest BCUT2D eigenvalue weighted by Gasteiger charge is -2.02. The van der Waals surface area contributed by atoms with E-state index in [0.29, 0.717) is 21.3 Å². The van der Waals surface area contributed by atoms with Crippen LogP contribution in [-0.4, -0.2) is 10.8 Å².